The Hall–Kier alpha value is -4.85. The second-order valence-corrected chi connectivity index (χ2v) is 9.45. The largest absolute Gasteiger partial charge is 0.358 e. The van der Waals surface area contributed by atoms with Gasteiger partial charge in [-0.3, -0.25) is 15.1 Å². The van der Waals surface area contributed by atoms with E-state index in [1.165, 1.54) is 12.1 Å². The van der Waals surface area contributed by atoms with Crippen molar-refractivity contribution in [1.82, 2.24) is 30.1 Å². The highest BCUT2D eigenvalue weighted by Crippen LogP contribution is 2.34. The van der Waals surface area contributed by atoms with Crippen molar-refractivity contribution in [1.29, 1.82) is 0 Å². The van der Waals surface area contributed by atoms with Crippen molar-refractivity contribution in [3.63, 3.8) is 0 Å². The van der Waals surface area contributed by atoms with Crippen LogP contribution in [0.4, 0.5) is 10.1 Å². The van der Waals surface area contributed by atoms with Crippen molar-refractivity contribution >= 4 is 27.6 Å². The van der Waals surface area contributed by atoms with Crippen molar-refractivity contribution in [2.75, 3.05) is 5.32 Å². The van der Waals surface area contributed by atoms with E-state index in [0.717, 1.165) is 79.8 Å². The molecule has 0 spiro atoms. The molecular formula is C30H26FN7. The van der Waals surface area contributed by atoms with E-state index in [1.807, 2.05) is 37.3 Å². The molecule has 0 atom stereocenters. The highest BCUT2D eigenvalue weighted by atomic mass is 19.1. The van der Waals surface area contributed by atoms with Crippen LogP contribution in [0.15, 0.2) is 79.5 Å². The molecule has 6 aromatic rings. The van der Waals surface area contributed by atoms with Gasteiger partial charge in [-0.25, -0.2) is 9.37 Å². The minimum absolute atomic E-state index is 0.272. The summed E-state index contributed by atoms with van der Waals surface area (Å²) >= 11 is 0. The number of allylic oxidation sites excluding steroid dienone is 1. The number of nitrogens with one attached hydrogen (secondary N) is 3. The fourth-order valence-electron chi connectivity index (χ4n) is 4.76. The normalized spacial score (nSPS) is 11.3. The van der Waals surface area contributed by atoms with Crippen molar-refractivity contribution in [2.24, 2.45) is 0 Å². The number of rotatable bonds is 7. The predicted octanol–water partition coefficient (Wildman–Crippen LogP) is 7.40. The molecule has 188 valence electrons. The molecule has 0 aliphatic carbocycles. The van der Waals surface area contributed by atoms with Gasteiger partial charge in [0.25, 0.3) is 0 Å². The molecular weight excluding hydrogens is 477 g/mol. The van der Waals surface area contributed by atoms with E-state index in [1.54, 1.807) is 24.8 Å². The van der Waals surface area contributed by atoms with Crippen molar-refractivity contribution < 1.29 is 4.39 Å². The SMILES string of the molecule is C=C(CCC)Nc1cncc(-c2ccc3[nH]nc(-c4cc5c(-c6cc(C)cc(F)c6)cncc5[nH]4)c3n2)c1. The maximum atomic E-state index is 14.2. The summed E-state index contributed by atoms with van der Waals surface area (Å²) in [5, 5.41) is 11.9. The second-order valence-electron chi connectivity index (χ2n) is 9.45. The molecule has 3 N–H and O–H groups in total. The second kappa shape index (κ2) is 9.55. The van der Waals surface area contributed by atoms with Gasteiger partial charge in [-0.1, -0.05) is 26.0 Å². The Labute approximate surface area is 218 Å². The third-order valence-electron chi connectivity index (χ3n) is 6.47. The minimum atomic E-state index is -0.272. The fourth-order valence-corrected chi connectivity index (χ4v) is 4.76. The summed E-state index contributed by atoms with van der Waals surface area (Å²) < 4.78 is 14.2. The van der Waals surface area contributed by atoms with Crippen molar-refractivity contribution in [2.45, 2.75) is 26.7 Å². The average Bonchev–Trinajstić information content (AvgIpc) is 3.52. The first-order valence-electron chi connectivity index (χ1n) is 12.5. The Morgan fingerprint density at radius 3 is 2.68 bits per heavy atom. The Bertz CT molecular complexity index is 1790. The Kier molecular flexibility index (Phi) is 5.92. The molecule has 7 nitrogen and oxygen atoms in total. The standard InChI is InChI=1S/C30H26FN7/c1-4-5-18(3)34-22-11-20(13-32-14-22)25-6-7-26-29(36-25)30(38-37-26)27-12-23-24(15-33-16-28(23)35-27)19-8-17(2)9-21(31)10-19/h6-16,34-35H,3-5H2,1-2H3,(H,37,38). The molecule has 0 fully saturated rings. The van der Waals surface area contributed by atoms with Crippen LogP contribution in [-0.4, -0.2) is 30.1 Å². The first kappa shape index (κ1) is 23.5. The molecule has 0 saturated heterocycles. The molecule has 0 aliphatic heterocycles. The number of aromatic nitrogens is 6. The van der Waals surface area contributed by atoms with Crippen molar-refractivity contribution in [3.05, 3.63) is 90.9 Å². The lowest BCUT2D eigenvalue weighted by molar-refractivity contribution is 0.627. The molecule has 0 bridgehead atoms. The van der Waals surface area contributed by atoms with Crippen LogP contribution in [0.1, 0.15) is 25.3 Å². The number of hydrogen-bond acceptors (Lipinski definition) is 5. The molecule has 8 heteroatoms. The summed E-state index contributed by atoms with van der Waals surface area (Å²) in [7, 11) is 0. The number of benzene rings is 1. The minimum Gasteiger partial charge on any atom is -0.358 e. The van der Waals surface area contributed by atoms with Gasteiger partial charge in [0.1, 0.15) is 17.0 Å². The van der Waals surface area contributed by atoms with Gasteiger partial charge >= 0.3 is 0 Å². The molecule has 0 saturated carbocycles. The Morgan fingerprint density at radius 1 is 0.974 bits per heavy atom. The lowest BCUT2D eigenvalue weighted by Gasteiger charge is -2.09. The molecule has 38 heavy (non-hydrogen) atoms. The quantitative estimate of drug-likeness (QED) is 0.211. The molecule has 0 amide bonds. The lowest BCUT2D eigenvalue weighted by Crippen LogP contribution is -1.98. The number of H-pyrrole nitrogens is 2. The van der Waals surface area contributed by atoms with E-state index < -0.39 is 0 Å². The third-order valence-corrected chi connectivity index (χ3v) is 6.47. The van der Waals surface area contributed by atoms with E-state index in [2.05, 4.69) is 44.0 Å². The molecule has 0 unspecified atom stereocenters. The summed E-state index contributed by atoms with van der Waals surface area (Å²) in [4.78, 5) is 17.1. The molecule has 0 aliphatic rings. The van der Waals surface area contributed by atoms with Crippen LogP contribution >= 0.6 is 0 Å². The van der Waals surface area contributed by atoms with Crippen LogP contribution in [0.25, 0.3) is 55.7 Å². The summed E-state index contributed by atoms with van der Waals surface area (Å²) in [5.74, 6) is -0.272. The highest BCUT2D eigenvalue weighted by molar-refractivity contribution is 6.00. The predicted molar refractivity (Wildman–Crippen MR) is 150 cm³/mol. The Morgan fingerprint density at radius 2 is 1.84 bits per heavy atom. The number of halogens is 1. The summed E-state index contributed by atoms with van der Waals surface area (Å²) in [6.07, 6.45) is 9.02. The van der Waals surface area contributed by atoms with Crippen LogP contribution in [0, 0.1) is 12.7 Å². The summed E-state index contributed by atoms with van der Waals surface area (Å²) in [6.45, 7) is 8.08. The molecule has 0 radical (unpaired) electrons. The fraction of sp³-hybridized carbons (Fsp3) is 0.133. The average molecular weight is 504 g/mol. The zero-order valence-electron chi connectivity index (χ0n) is 21.1. The first-order valence-corrected chi connectivity index (χ1v) is 12.5. The molecule has 1 aromatic carbocycles. The number of pyridine rings is 3. The number of fused-ring (bicyclic) bond motifs is 2. The Balaban J connectivity index is 1.41. The number of nitrogens with zero attached hydrogens (tertiary/aromatic N) is 4. The van der Waals surface area contributed by atoms with Gasteiger partial charge in [0.05, 0.1) is 40.5 Å². The van der Waals surface area contributed by atoms with Gasteiger partial charge in [-0.2, -0.15) is 5.10 Å². The van der Waals surface area contributed by atoms with Gasteiger partial charge < -0.3 is 10.3 Å². The van der Waals surface area contributed by atoms with Crippen molar-refractivity contribution in [3.8, 4) is 33.8 Å². The maximum Gasteiger partial charge on any atom is 0.135 e. The molecule has 5 aromatic heterocycles. The molecule has 5 heterocycles. The van der Waals surface area contributed by atoms with Gasteiger partial charge in [0.15, 0.2) is 0 Å². The third kappa shape index (κ3) is 4.41. The number of hydrogen-bond donors (Lipinski definition) is 3. The smallest absolute Gasteiger partial charge is 0.135 e. The van der Waals surface area contributed by atoms with E-state index in [0.29, 0.717) is 5.69 Å². The number of aromatic amines is 2. The zero-order valence-corrected chi connectivity index (χ0v) is 21.1. The van der Waals surface area contributed by atoms with E-state index >= 15 is 0 Å². The lowest BCUT2D eigenvalue weighted by atomic mass is 10.0. The van der Waals surface area contributed by atoms with E-state index in [4.69, 9.17) is 4.98 Å². The number of anilines is 1. The number of aryl methyl sites for hydroxylation is 1. The van der Waals surface area contributed by atoms with Gasteiger partial charge in [0, 0.05) is 34.6 Å². The van der Waals surface area contributed by atoms with Gasteiger partial charge in [-0.05, 0) is 60.9 Å². The van der Waals surface area contributed by atoms with Crippen LogP contribution < -0.4 is 5.32 Å². The van der Waals surface area contributed by atoms with E-state index in [9.17, 15) is 4.39 Å². The topological polar surface area (TPSA) is 95.2 Å². The van der Waals surface area contributed by atoms with Crippen LogP contribution in [0.5, 0.6) is 0 Å². The van der Waals surface area contributed by atoms with E-state index in [-0.39, 0.29) is 5.82 Å². The monoisotopic (exact) mass is 503 g/mol. The van der Waals surface area contributed by atoms with Gasteiger partial charge in [-0.15, -0.1) is 0 Å². The first-order chi connectivity index (χ1) is 18.5. The zero-order chi connectivity index (χ0) is 26.2. The maximum absolute atomic E-state index is 14.2. The van der Waals surface area contributed by atoms with Crippen LogP contribution in [0.3, 0.4) is 0 Å². The molecule has 6 rings (SSSR count). The summed E-state index contributed by atoms with van der Waals surface area (Å²) in [6, 6.07) is 13.0. The van der Waals surface area contributed by atoms with Crippen LogP contribution in [0.2, 0.25) is 0 Å². The van der Waals surface area contributed by atoms with Gasteiger partial charge in [0.2, 0.25) is 0 Å². The highest BCUT2D eigenvalue weighted by Gasteiger charge is 2.16. The summed E-state index contributed by atoms with van der Waals surface area (Å²) in [5.41, 5.74) is 9.85. The van der Waals surface area contributed by atoms with Crippen LogP contribution in [-0.2, 0) is 0 Å².